The smallest absolute Gasteiger partial charge is 0.157 e. The van der Waals surface area contributed by atoms with Crippen LogP contribution in [0, 0.1) is 0 Å². The quantitative estimate of drug-likeness (QED) is 0.463. The number of benzene rings is 1. The van der Waals surface area contributed by atoms with Crippen LogP contribution in [0.4, 0.5) is 0 Å². The lowest BCUT2D eigenvalue weighted by atomic mass is 10.0. The molecule has 0 saturated heterocycles. The highest BCUT2D eigenvalue weighted by Crippen LogP contribution is 2.33. The van der Waals surface area contributed by atoms with Crippen LogP contribution in [-0.2, 0) is 4.75 Å². The van der Waals surface area contributed by atoms with Gasteiger partial charge in [-0.25, -0.2) is 0 Å². The summed E-state index contributed by atoms with van der Waals surface area (Å²) in [6.07, 6.45) is 0. The molecule has 0 aliphatic rings. The van der Waals surface area contributed by atoms with Crippen LogP contribution in [-0.4, -0.2) is 10.2 Å². The standard InChI is InChI=1S/C9H12O2S/c1-9(2,12)6-3-4-7(10)8(11)5-6/h3-5,10-12H,1-2H3. The van der Waals surface area contributed by atoms with Crippen molar-refractivity contribution >= 4 is 12.6 Å². The fraction of sp³-hybridized carbons (Fsp3) is 0.333. The SMILES string of the molecule is CC(C)(S)c1ccc(O)c(O)c1. The highest BCUT2D eigenvalue weighted by Gasteiger charge is 2.15. The molecule has 0 saturated carbocycles. The van der Waals surface area contributed by atoms with Gasteiger partial charge in [0.2, 0.25) is 0 Å². The van der Waals surface area contributed by atoms with Crippen LogP contribution in [0.1, 0.15) is 19.4 Å². The molecule has 0 radical (unpaired) electrons. The Bertz CT molecular complexity index is 289. The zero-order valence-electron chi connectivity index (χ0n) is 7.07. The Hall–Kier alpha value is -0.830. The van der Waals surface area contributed by atoms with Crippen molar-refractivity contribution in [2.24, 2.45) is 0 Å². The van der Waals surface area contributed by atoms with Gasteiger partial charge in [0.1, 0.15) is 0 Å². The van der Waals surface area contributed by atoms with Gasteiger partial charge in [-0.05, 0) is 31.5 Å². The second kappa shape index (κ2) is 2.90. The van der Waals surface area contributed by atoms with Gasteiger partial charge in [0, 0.05) is 4.75 Å². The van der Waals surface area contributed by atoms with E-state index in [-0.39, 0.29) is 16.2 Å². The first-order chi connectivity index (χ1) is 5.41. The van der Waals surface area contributed by atoms with Crippen LogP contribution in [0.25, 0.3) is 0 Å². The number of aromatic hydroxyl groups is 2. The highest BCUT2D eigenvalue weighted by molar-refractivity contribution is 7.81. The van der Waals surface area contributed by atoms with Gasteiger partial charge in [-0.1, -0.05) is 6.07 Å². The van der Waals surface area contributed by atoms with Crippen LogP contribution in [0.3, 0.4) is 0 Å². The fourth-order valence-corrected chi connectivity index (χ4v) is 1.04. The zero-order chi connectivity index (χ0) is 9.35. The molecule has 0 aliphatic heterocycles. The second-order valence-corrected chi connectivity index (χ2v) is 4.38. The molecule has 0 heterocycles. The summed E-state index contributed by atoms with van der Waals surface area (Å²) in [4.78, 5) is 0. The monoisotopic (exact) mass is 184 g/mol. The predicted octanol–water partition coefficient (Wildman–Crippen LogP) is 2.26. The summed E-state index contributed by atoms with van der Waals surface area (Å²) in [5.41, 5.74) is 0.876. The van der Waals surface area contributed by atoms with Crippen LogP contribution in [0.15, 0.2) is 18.2 Å². The molecule has 1 rings (SSSR count). The maximum Gasteiger partial charge on any atom is 0.157 e. The fourth-order valence-electron chi connectivity index (χ4n) is 0.904. The maximum atomic E-state index is 9.18. The molecule has 0 unspecified atom stereocenters. The first-order valence-corrected chi connectivity index (χ1v) is 4.11. The molecule has 0 fully saturated rings. The Morgan fingerprint density at radius 2 is 1.75 bits per heavy atom. The van der Waals surface area contributed by atoms with E-state index in [1.54, 1.807) is 6.07 Å². The molecule has 0 spiro atoms. The largest absolute Gasteiger partial charge is 0.504 e. The molecule has 2 nitrogen and oxygen atoms in total. The Labute approximate surface area is 77.3 Å². The summed E-state index contributed by atoms with van der Waals surface area (Å²) in [6, 6.07) is 4.72. The molecule has 0 bridgehead atoms. The van der Waals surface area contributed by atoms with Crippen molar-refractivity contribution in [1.82, 2.24) is 0 Å². The van der Waals surface area contributed by atoms with Gasteiger partial charge in [-0.3, -0.25) is 0 Å². The van der Waals surface area contributed by atoms with E-state index in [1.807, 2.05) is 13.8 Å². The van der Waals surface area contributed by atoms with Gasteiger partial charge in [0.25, 0.3) is 0 Å². The van der Waals surface area contributed by atoms with E-state index in [1.165, 1.54) is 12.1 Å². The maximum absolute atomic E-state index is 9.18. The van der Waals surface area contributed by atoms with E-state index < -0.39 is 0 Å². The van der Waals surface area contributed by atoms with Gasteiger partial charge >= 0.3 is 0 Å². The molecule has 1 aromatic carbocycles. The summed E-state index contributed by atoms with van der Waals surface area (Å²) < 4.78 is -0.300. The zero-order valence-corrected chi connectivity index (χ0v) is 7.97. The van der Waals surface area contributed by atoms with Crippen LogP contribution in [0.2, 0.25) is 0 Å². The number of hydrogen-bond donors (Lipinski definition) is 3. The average Bonchev–Trinajstić information content (AvgIpc) is 1.92. The second-order valence-electron chi connectivity index (χ2n) is 3.26. The first kappa shape index (κ1) is 9.26. The normalized spacial score (nSPS) is 11.6. The van der Waals surface area contributed by atoms with Gasteiger partial charge < -0.3 is 10.2 Å². The van der Waals surface area contributed by atoms with E-state index in [4.69, 9.17) is 5.11 Å². The molecule has 1 aromatic rings. The Morgan fingerprint density at radius 3 is 2.17 bits per heavy atom. The van der Waals surface area contributed by atoms with Crippen molar-refractivity contribution in [3.05, 3.63) is 23.8 Å². The van der Waals surface area contributed by atoms with E-state index in [9.17, 15) is 5.11 Å². The van der Waals surface area contributed by atoms with Crippen molar-refractivity contribution in [2.45, 2.75) is 18.6 Å². The van der Waals surface area contributed by atoms with Crippen LogP contribution < -0.4 is 0 Å². The number of thiol groups is 1. The van der Waals surface area contributed by atoms with E-state index in [0.717, 1.165) is 5.56 Å². The predicted molar refractivity (Wildman–Crippen MR) is 51.8 cm³/mol. The third kappa shape index (κ3) is 1.85. The summed E-state index contributed by atoms with van der Waals surface area (Å²) >= 11 is 4.33. The molecule has 66 valence electrons. The minimum atomic E-state index is -0.300. The molecule has 12 heavy (non-hydrogen) atoms. The van der Waals surface area contributed by atoms with Crippen molar-refractivity contribution in [2.75, 3.05) is 0 Å². The lowest BCUT2D eigenvalue weighted by molar-refractivity contribution is 0.402. The first-order valence-electron chi connectivity index (χ1n) is 3.66. The Balaban J connectivity index is 3.14. The van der Waals surface area contributed by atoms with Crippen molar-refractivity contribution in [3.63, 3.8) is 0 Å². The number of rotatable bonds is 1. The minimum absolute atomic E-state index is 0.101. The topological polar surface area (TPSA) is 40.5 Å². The van der Waals surface area contributed by atoms with Gasteiger partial charge in [-0.15, -0.1) is 0 Å². The summed E-state index contributed by atoms with van der Waals surface area (Å²) in [5, 5.41) is 18.2. The molecule has 0 aliphatic carbocycles. The molecule has 0 amide bonds. The third-order valence-corrected chi connectivity index (χ3v) is 1.94. The lowest BCUT2D eigenvalue weighted by Gasteiger charge is -2.17. The number of hydrogen-bond acceptors (Lipinski definition) is 3. The molecular formula is C9H12O2S. The highest BCUT2D eigenvalue weighted by atomic mass is 32.1. The number of phenolic OH excluding ortho intramolecular Hbond substituents is 2. The third-order valence-electron chi connectivity index (χ3n) is 1.68. The van der Waals surface area contributed by atoms with Crippen molar-refractivity contribution < 1.29 is 10.2 Å². The lowest BCUT2D eigenvalue weighted by Crippen LogP contribution is -2.06. The van der Waals surface area contributed by atoms with Crippen LogP contribution in [0.5, 0.6) is 11.5 Å². The molecule has 3 heteroatoms. The minimum Gasteiger partial charge on any atom is -0.504 e. The number of phenols is 2. The molecular weight excluding hydrogens is 172 g/mol. The van der Waals surface area contributed by atoms with E-state index >= 15 is 0 Å². The van der Waals surface area contributed by atoms with Crippen LogP contribution >= 0.6 is 12.6 Å². The molecule has 2 N–H and O–H groups in total. The van der Waals surface area contributed by atoms with E-state index in [0.29, 0.717) is 0 Å². The molecule has 0 atom stereocenters. The average molecular weight is 184 g/mol. The van der Waals surface area contributed by atoms with Crippen molar-refractivity contribution in [1.29, 1.82) is 0 Å². The van der Waals surface area contributed by atoms with Gasteiger partial charge in [0.15, 0.2) is 11.5 Å². The van der Waals surface area contributed by atoms with Gasteiger partial charge in [-0.2, -0.15) is 12.6 Å². The Kier molecular flexibility index (Phi) is 2.24. The van der Waals surface area contributed by atoms with E-state index in [2.05, 4.69) is 12.6 Å². The molecule has 0 aromatic heterocycles. The van der Waals surface area contributed by atoms with Gasteiger partial charge in [0.05, 0.1) is 0 Å². The summed E-state index contributed by atoms with van der Waals surface area (Å²) in [5.74, 6) is -0.203. The van der Waals surface area contributed by atoms with Crippen molar-refractivity contribution in [3.8, 4) is 11.5 Å². The summed E-state index contributed by atoms with van der Waals surface area (Å²) in [6.45, 7) is 3.84. The Morgan fingerprint density at radius 1 is 1.17 bits per heavy atom. The summed E-state index contributed by atoms with van der Waals surface area (Å²) in [7, 11) is 0.